The molecule has 0 spiro atoms. The Bertz CT molecular complexity index is 540. The molecule has 126 valence electrons. The first-order valence-corrected chi connectivity index (χ1v) is 8.84. The van der Waals surface area contributed by atoms with Gasteiger partial charge in [-0.2, -0.15) is 0 Å². The minimum absolute atomic E-state index is 0.194. The molecule has 1 heterocycles. The number of hydrogen-bond acceptors (Lipinski definition) is 3. The summed E-state index contributed by atoms with van der Waals surface area (Å²) in [6.07, 6.45) is 4.27. The fourth-order valence-electron chi connectivity index (χ4n) is 2.56. The van der Waals surface area contributed by atoms with Crippen LogP contribution >= 0.6 is 12.2 Å². The van der Waals surface area contributed by atoms with Crippen molar-refractivity contribution in [3.8, 4) is 5.75 Å². The second-order valence-electron chi connectivity index (χ2n) is 6.13. The molecular weight excluding hydrogens is 308 g/mol. The Labute approximate surface area is 144 Å². The number of carbonyl (C=O) groups excluding carboxylic acids is 1. The Morgan fingerprint density at radius 2 is 2.04 bits per heavy atom. The Morgan fingerprint density at radius 3 is 2.74 bits per heavy atom. The maximum atomic E-state index is 12.5. The summed E-state index contributed by atoms with van der Waals surface area (Å²) >= 11 is 5.39. The molecule has 1 aliphatic rings. The van der Waals surface area contributed by atoms with Crippen molar-refractivity contribution in [1.82, 2.24) is 10.2 Å². The molecule has 0 radical (unpaired) electrons. The summed E-state index contributed by atoms with van der Waals surface area (Å²) < 4.78 is 5.72. The van der Waals surface area contributed by atoms with Gasteiger partial charge in [0.2, 0.25) is 0 Å². The first kappa shape index (κ1) is 17.7. The number of nitrogens with one attached hydrogen (secondary N) is 1. The molecule has 1 saturated heterocycles. The molecule has 1 aromatic carbocycles. The zero-order chi connectivity index (χ0) is 16.7. The third-order valence-electron chi connectivity index (χ3n) is 4.18. The van der Waals surface area contributed by atoms with Gasteiger partial charge in [-0.05, 0) is 49.5 Å². The van der Waals surface area contributed by atoms with Gasteiger partial charge < -0.3 is 9.64 Å². The Kier molecular flexibility index (Phi) is 6.84. The molecular formula is C18H26N2O2S. The zero-order valence-corrected chi connectivity index (χ0v) is 14.8. The quantitative estimate of drug-likeness (QED) is 0.660. The van der Waals surface area contributed by atoms with Gasteiger partial charge in [-0.25, -0.2) is 0 Å². The lowest BCUT2D eigenvalue weighted by Gasteiger charge is -2.32. The fraction of sp³-hybridized carbons (Fsp3) is 0.556. The molecule has 23 heavy (non-hydrogen) atoms. The largest absolute Gasteiger partial charge is 0.493 e. The summed E-state index contributed by atoms with van der Waals surface area (Å²) in [5.41, 5.74) is 0.538. The minimum atomic E-state index is -0.194. The highest BCUT2D eigenvalue weighted by atomic mass is 32.1. The molecule has 0 saturated carbocycles. The molecule has 5 heteroatoms. The Balaban J connectivity index is 1.96. The topological polar surface area (TPSA) is 41.6 Å². The van der Waals surface area contributed by atoms with Crippen LogP contribution < -0.4 is 10.1 Å². The van der Waals surface area contributed by atoms with Crippen LogP contribution in [0, 0.1) is 5.92 Å². The highest BCUT2D eigenvalue weighted by Gasteiger charge is 2.20. The Hall–Kier alpha value is -1.62. The number of para-hydroxylation sites is 1. The fourth-order valence-corrected chi connectivity index (χ4v) is 2.84. The van der Waals surface area contributed by atoms with E-state index in [4.69, 9.17) is 17.0 Å². The molecule has 2 rings (SSSR count). The highest BCUT2D eigenvalue weighted by molar-refractivity contribution is 7.80. The average molecular weight is 334 g/mol. The van der Waals surface area contributed by atoms with Gasteiger partial charge in [-0.15, -0.1) is 0 Å². The van der Waals surface area contributed by atoms with Crippen molar-refractivity contribution in [3.05, 3.63) is 29.8 Å². The molecule has 1 N–H and O–H groups in total. The number of piperidine rings is 1. The van der Waals surface area contributed by atoms with Crippen LogP contribution in [0.5, 0.6) is 5.75 Å². The third kappa shape index (κ3) is 5.20. The number of carbonyl (C=O) groups is 1. The second-order valence-corrected chi connectivity index (χ2v) is 6.51. The van der Waals surface area contributed by atoms with Crippen molar-refractivity contribution in [3.63, 3.8) is 0 Å². The van der Waals surface area contributed by atoms with Crippen molar-refractivity contribution in [2.75, 3.05) is 19.7 Å². The number of ether oxygens (including phenoxy) is 1. The molecule has 0 unspecified atom stereocenters. The highest BCUT2D eigenvalue weighted by Crippen LogP contribution is 2.19. The molecule has 1 aliphatic heterocycles. The van der Waals surface area contributed by atoms with Crippen LogP contribution in [-0.2, 0) is 0 Å². The van der Waals surface area contributed by atoms with Crippen LogP contribution in [0.25, 0.3) is 0 Å². The van der Waals surface area contributed by atoms with Gasteiger partial charge in [0, 0.05) is 13.1 Å². The van der Waals surface area contributed by atoms with Gasteiger partial charge in [-0.1, -0.05) is 32.4 Å². The number of nitrogens with zero attached hydrogens (tertiary/aromatic N) is 1. The first-order chi connectivity index (χ1) is 11.1. The van der Waals surface area contributed by atoms with Crippen molar-refractivity contribution in [2.45, 2.75) is 39.5 Å². The number of rotatable bonds is 5. The van der Waals surface area contributed by atoms with E-state index >= 15 is 0 Å². The Morgan fingerprint density at radius 1 is 1.35 bits per heavy atom. The van der Waals surface area contributed by atoms with Gasteiger partial charge in [0.1, 0.15) is 5.75 Å². The average Bonchev–Trinajstić information content (AvgIpc) is 2.56. The molecule has 4 nitrogen and oxygen atoms in total. The SMILES string of the molecule is CCCCOc1ccccc1C(=O)NC(=S)N1CCC(C)CC1. The smallest absolute Gasteiger partial charge is 0.261 e. The van der Waals surface area contributed by atoms with E-state index < -0.39 is 0 Å². The molecule has 0 aliphatic carbocycles. The van der Waals surface area contributed by atoms with Crippen LogP contribution in [-0.4, -0.2) is 35.6 Å². The summed E-state index contributed by atoms with van der Waals surface area (Å²) in [6, 6.07) is 7.32. The maximum absolute atomic E-state index is 12.5. The van der Waals surface area contributed by atoms with Gasteiger partial charge >= 0.3 is 0 Å². The lowest BCUT2D eigenvalue weighted by Crippen LogP contribution is -2.46. The van der Waals surface area contributed by atoms with Crippen LogP contribution in [0.15, 0.2) is 24.3 Å². The molecule has 0 bridgehead atoms. The molecule has 1 aromatic rings. The normalized spacial score (nSPS) is 15.3. The summed E-state index contributed by atoms with van der Waals surface area (Å²) in [7, 11) is 0. The molecule has 1 amide bonds. The molecule has 0 aromatic heterocycles. The summed E-state index contributed by atoms with van der Waals surface area (Å²) in [5, 5.41) is 3.37. The number of benzene rings is 1. The number of hydrogen-bond donors (Lipinski definition) is 1. The second kappa shape index (κ2) is 8.87. The summed E-state index contributed by atoms with van der Waals surface area (Å²) in [6.45, 7) is 6.81. The van der Waals surface area contributed by atoms with Crippen molar-refractivity contribution in [2.24, 2.45) is 5.92 Å². The third-order valence-corrected chi connectivity index (χ3v) is 4.54. The van der Waals surface area contributed by atoms with Crippen molar-refractivity contribution >= 4 is 23.2 Å². The van der Waals surface area contributed by atoms with Crippen LogP contribution in [0.4, 0.5) is 0 Å². The minimum Gasteiger partial charge on any atom is -0.493 e. The van der Waals surface area contributed by atoms with Crippen molar-refractivity contribution < 1.29 is 9.53 Å². The summed E-state index contributed by atoms with van der Waals surface area (Å²) in [4.78, 5) is 14.6. The van der Waals surface area contributed by atoms with Crippen LogP contribution in [0.2, 0.25) is 0 Å². The van der Waals surface area contributed by atoms with E-state index in [0.717, 1.165) is 44.7 Å². The lowest BCUT2D eigenvalue weighted by molar-refractivity contribution is 0.0968. The molecule has 1 fully saturated rings. The van der Waals surface area contributed by atoms with E-state index in [1.807, 2.05) is 18.2 Å². The standard InChI is InChI=1S/C18H26N2O2S/c1-3-4-13-22-16-8-6-5-7-15(16)17(21)19-18(23)20-11-9-14(2)10-12-20/h5-8,14H,3-4,9-13H2,1-2H3,(H,19,21,23). The van der Waals surface area contributed by atoms with Gasteiger partial charge in [0.15, 0.2) is 5.11 Å². The lowest BCUT2D eigenvalue weighted by atomic mass is 10.00. The number of likely N-dealkylation sites (tertiary alicyclic amines) is 1. The van der Waals surface area contributed by atoms with Crippen LogP contribution in [0.1, 0.15) is 49.9 Å². The number of amides is 1. The van der Waals surface area contributed by atoms with E-state index in [0.29, 0.717) is 23.0 Å². The van der Waals surface area contributed by atoms with E-state index in [1.165, 1.54) is 0 Å². The van der Waals surface area contributed by atoms with Crippen molar-refractivity contribution in [1.29, 1.82) is 0 Å². The van der Waals surface area contributed by atoms with E-state index in [2.05, 4.69) is 24.1 Å². The predicted molar refractivity (Wildman–Crippen MR) is 96.9 cm³/mol. The van der Waals surface area contributed by atoms with Crippen LogP contribution in [0.3, 0.4) is 0 Å². The van der Waals surface area contributed by atoms with Gasteiger partial charge in [-0.3, -0.25) is 10.1 Å². The summed E-state index contributed by atoms with van der Waals surface area (Å²) in [5.74, 6) is 1.16. The van der Waals surface area contributed by atoms with Gasteiger partial charge in [0.05, 0.1) is 12.2 Å². The van der Waals surface area contributed by atoms with E-state index in [1.54, 1.807) is 6.07 Å². The molecule has 0 atom stereocenters. The van der Waals surface area contributed by atoms with Gasteiger partial charge in [0.25, 0.3) is 5.91 Å². The monoisotopic (exact) mass is 334 g/mol. The maximum Gasteiger partial charge on any atom is 0.261 e. The zero-order valence-electron chi connectivity index (χ0n) is 14.0. The predicted octanol–water partition coefficient (Wildman–Crippen LogP) is 3.61. The van der Waals surface area contributed by atoms with E-state index in [9.17, 15) is 4.79 Å². The number of thiocarbonyl (C=S) groups is 1. The number of unbranched alkanes of at least 4 members (excludes halogenated alkanes) is 1. The first-order valence-electron chi connectivity index (χ1n) is 8.44. The van der Waals surface area contributed by atoms with E-state index in [-0.39, 0.29) is 5.91 Å².